The molecule has 3 heteroatoms. The standard InChI is InChI=1S/C12H10BrNO/c13-11-5-3-9(4-6-11)12(15)10-2-1-7-14-8-10/h1-8,12,15H/t12-/m0/s1. The summed E-state index contributed by atoms with van der Waals surface area (Å²) in [6.45, 7) is 0. The fourth-order valence-electron chi connectivity index (χ4n) is 1.38. The van der Waals surface area contributed by atoms with Gasteiger partial charge >= 0.3 is 0 Å². The van der Waals surface area contributed by atoms with Crippen molar-refractivity contribution in [2.24, 2.45) is 0 Å². The van der Waals surface area contributed by atoms with E-state index in [0.717, 1.165) is 15.6 Å². The molecule has 0 aliphatic carbocycles. The maximum absolute atomic E-state index is 10.0. The lowest BCUT2D eigenvalue weighted by atomic mass is 10.0. The molecule has 0 saturated carbocycles. The number of benzene rings is 1. The Balaban J connectivity index is 2.29. The molecule has 1 aromatic carbocycles. The van der Waals surface area contributed by atoms with Gasteiger partial charge in [0.25, 0.3) is 0 Å². The molecule has 2 nitrogen and oxygen atoms in total. The topological polar surface area (TPSA) is 33.1 Å². The van der Waals surface area contributed by atoms with Crippen LogP contribution in [0.25, 0.3) is 0 Å². The Morgan fingerprint density at radius 3 is 2.40 bits per heavy atom. The number of aliphatic hydroxyl groups excluding tert-OH is 1. The number of halogens is 1. The molecular formula is C12H10BrNO. The normalized spacial score (nSPS) is 12.4. The van der Waals surface area contributed by atoms with E-state index in [9.17, 15) is 5.11 Å². The molecule has 1 N–H and O–H groups in total. The summed E-state index contributed by atoms with van der Waals surface area (Å²) in [7, 11) is 0. The monoisotopic (exact) mass is 263 g/mol. The van der Waals surface area contributed by atoms with Gasteiger partial charge in [0, 0.05) is 22.4 Å². The zero-order chi connectivity index (χ0) is 10.7. The van der Waals surface area contributed by atoms with Crippen LogP contribution in [0.2, 0.25) is 0 Å². The number of aromatic nitrogens is 1. The van der Waals surface area contributed by atoms with Crippen LogP contribution >= 0.6 is 15.9 Å². The summed E-state index contributed by atoms with van der Waals surface area (Å²) in [4.78, 5) is 3.98. The smallest absolute Gasteiger partial charge is 0.106 e. The van der Waals surface area contributed by atoms with Crippen LogP contribution < -0.4 is 0 Å². The predicted molar refractivity (Wildman–Crippen MR) is 62.4 cm³/mol. The van der Waals surface area contributed by atoms with E-state index >= 15 is 0 Å². The minimum absolute atomic E-state index is 0.605. The highest BCUT2D eigenvalue weighted by Crippen LogP contribution is 2.22. The van der Waals surface area contributed by atoms with Crippen LogP contribution in [-0.4, -0.2) is 10.1 Å². The summed E-state index contributed by atoms with van der Waals surface area (Å²) in [5.74, 6) is 0. The minimum atomic E-state index is -0.605. The molecule has 15 heavy (non-hydrogen) atoms. The van der Waals surface area contributed by atoms with Gasteiger partial charge in [-0.3, -0.25) is 4.98 Å². The van der Waals surface area contributed by atoms with Crippen LogP contribution in [0, 0.1) is 0 Å². The SMILES string of the molecule is O[C@@H](c1ccc(Br)cc1)c1cccnc1. The van der Waals surface area contributed by atoms with Gasteiger partial charge in [0.05, 0.1) is 0 Å². The van der Waals surface area contributed by atoms with Crippen molar-refractivity contribution in [3.63, 3.8) is 0 Å². The first kappa shape index (κ1) is 10.3. The average molecular weight is 264 g/mol. The Morgan fingerprint density at radius 1 is 1.07 bits per heavy atom. The van der Waals surface area contributed by atoms with Crippen molar-refractivity contribution in [1.82, 2.24) is 4.98 Å². The van der Waals surface area contributed by atoms with E-state index in [1.807, 2.05) is 36.4 Å². The first-order valence-corrected chi connectivity index (χ1v) is 5.40. The lowest BCUT2D eigenvalue weighted by Crippen LogP contribution is -1.99. The molecule has 0 radical (unpaired) electrons. The van der Waals surface area contributed by atoms with Gasteiger partial charge in [0.1, 0.15) is 6.10 Å². The predicted octanol–water partition coefficient (Wildman–Crippen LogP) is 2.93. The summed E-state index contributed by atoms with van der Waals surface area (Å²) in [5.41, 5.74) is 1.67. The van der Waals surface area contributed by atoms with Crippen LogP contribution in [-0.2, 0) is 0 Å². The van der Waals surface area contributed by atoms with Crippen molar-refractivity contribution in [1.29, 1.82) is 0 Å². The molecular weight excluding hydrogens is 254 g/mol. The molecule has 2 rings (SSSR count). The summed E-state index contributed by atoms with van der Waals surface area (Å²) < 4.78 is 1.00. The number of pyridine rings is 1. The molecule has 1 aromatic heterocycles. The van der Waals surface area contributed by atoms with E-state index in [0.29, 0.717) is 0 Å². The van der Waals surface area contributed by atoms with E-state index in [1.54, 1.807) is 12.4 Å². The van der Waals surface area contributed by atoms with E-state index in [2.05, 4.69) is 20.9 Å². The summed E-state index contributed by atoms with van der Waals surface area (Å²) in [6, 6.07) is 11.3. The molecule has 1 heterocycles. The van der Waals surface area contributed by atoms with E-state index < -0.39 is 6.10 Å². The van der Waals surface area contributed by atoms with Crippen molar-refractivity contribution >= 4 is 15.9 Å². The minimum Gasteiger partial charge on any atom is -0.384 e. The van der Waals surface area contributed by atoms with Gasteiger partial charge in [0.2, 0.25) is 0 Å². The number of hydrogen-bond donors (Lipinski definition) is 1. The van der Waals surface area contributed by atoms with Crippen molar-refractivity contribution < 1.29 is 5.11 Å². The number of rotatable bonds is 2. The highest BCUT2D eigenvalue weighted by atomic mass is 79.9. The lowest BCUT2D eigenvalue weighted by Gasteiger charge is -2.10. The van der Waals surface area contributed by atoms with Crippen LogP contribution in [0.1, 0.15) is 17.2 Å². The highest BCUT2D eigenvalue weighted by Gasteiger charge is 2.09. The van der Waals surface area contributed by atoms with E-state index in [4.69, 9.17) is 0 Å². The van der Waals surface area contributed by atoms with Crippen molar-refractivity contribution in [2.45, 2.75) is 6.10 Å². The molecule has 2 aromatic rings. The molecule has 0 aliphatic heterocycles. The second kappa shape index (κ2) is 4.55. The molecule has 0 spiro atoms. The highest BCUT2D eigenvalue weighted by molar-refractivity contribution is 9.10. The fraction of sp³-hybridized carbons (Fsp3) is 0.0833. The number of nitrogens with zero attached hydrogens (tertiary/aromatic N) is 1. The largest absolute Gasteiger partial charge is 0.384 e. The molecule has 76 valence electrons. The maximum atomic E-state index is 10.0. The maximum Gasteiger partial charge on any atom is 0.106 e. The zero-order valence-corrected chi connectivity index (χ0v) is 9.55. The van der Waals surface area contributed by atoms with Gasteiger partial charge in [-0.2, -0.15) is 0 Å². The Hall–Kier alpha value is -1.19. The Labute approximate surface area is 96.7 Å². The van der Waals surface area contributed by atoms with Crippen molar-refractivity contribution in [3.05, 3.63) is 64.4 Å². The van der Waals surface area contributed by atoms with Gasteiger partial charge in [-0.25, -0.2) is 0 Å². The van der Waals surface area contributed by atoms with Gasteiger partial charge in [-0.1, -0.05) is 34.1 Å². The van der Waals surface area contributed by atoms with Gasteiger partial charge < -0.3 is 5.11 Å². The Kier molecular flexibility index (Phi) is 3.14. The fourth-order valence-corrected chi connectivity index (χ4v) is 1.64. The summed E-state index contributed by atoms with van der Waals surface area (Å²) in [6.07, 6.45) is 2.76. The van der Waals surface area contributed by atoms with Gasteiger partial charge in [-0.05, 0) is 23.8 Å². The number of aliphatic hydroxyl groups is 1. The first-order chi connectivity index (χ1) is 7.27. The van der Waals surface area contributed by atoms with Crippen LogP contribution in [0.15, 0.2) is 53.3 Å². The first-order valence-electron chi connectivity index (χ1n) is 4.61. The zero-order valence-electron chi connectivity index (χ0n) is 7.97. The van der Waals surface area contributed by atoms with Crippen LogP contribution in [0.5, 0.6) is 0 Å². The van der Waals surface area contributed by atoms with Gasteiger partial charge in [0.15, 0.2) is 0 Å². The lowest BCUT2D eigenvalue weighted by molar-refractivity contribution is 0.220. The third kappa shape index (κ3) is 2.43. The summed E-state index contributed by atoms with van der Waals surface area (Å²) >= 11 is 3.36. The third-order valence-electron chi connectivity index (χ3n) is 2.19. The molecule has 1 atom stereocenters. The summed E-state index contributed by atoms with van der Waals surface area (Å²) in [5, 5.41) is 10.0. The van der Waals surface area contributed by atoms with Crippen LogP contribution in [0.3, 0.4) is 0 Å². The molecule has 0 aliphatic rings. The Morgan fingerprint density at radius 2 is 1.80 bits per heavy atom. The molecule has 0 saturated heterocycles. The van der Waals surface area contributed by atoms with E-state index in [1.165, 1.54) is 0 Å². The van der Waals surface area contributed by atoms with Crippen molar-refractivity contribution in [3.8, 4) is 0 Å². The molecule has 0 fully saturated rings. The second-order valence-corrected chi connectivity index (χ2v) is 4.16. The van der Waals surface area contributed by atoms with Crippen molar-refractivity contribution in [2.75, 3.05) is 0 Å². The molecule has 0 bridgehead atoms. The average Bonchev–Trinajstić information content (AvgIpc) is 2.30. The number of hydrogen-bond acceptors (Lipinski definition) is 2. The quantitative estimate of drug-likeness (QED) is 0.904. The van der Waals surface area contributed by atoms with Gasteiger partial charge in [-0.15, -0.1) is 0 Å². The third-order valence-corrected chi connectivity index (χ3v) is 2.71. The van der Waals surface area contributed by atoms with E-state index in [-0.39, 0.29) is 0 Å². The second-order valence-electron chi connectivity index (χ2n) is 3.24. The Bertz CT molecular complexity index is 427. The molecule has 0 unspecified atom stereocenters. The van der Waals surface area contributed by atoms with Crippen LogP contribution in [0.4, 0.5) is 0 Å². The molecule has 0 amide bonds.